The summed E-state index contributed by atoms with van der Waals surface area (Å²) in [5, 5.41) is 8.90. The van der Waals surface area contributed by atoms with Crippen LogP contribution in [-0.4, -0.2) is 47.9 Å². The fourth-order valence-corrected chi connectivity index (χ4v) is 3.13. The summed E-state index contributed by atoms with van der Waals surface area (Å²) < 4.78 is 0. The predicted octanol–water partition coefficient (Wildman–Crippen LogP) is 1.62. The van der Waals surface area contributed by atoms with Gasteiger partial charge in [-0.3, -0.25) is 9.69 Å². The van der Waals surface area contributed by atoms with E-state index in [1.54, 1.807) is 0 Å². The Labute approximate surface area is 110 Å². The minimum atomic E-state index is 0.280. The van der Waals surface area contributed by atoms with Crippen LogP contribution < -0.4 is 0 Å². The van der Waals surface area contributed by atoms with Crippen LogP contribution in [0.5, 0.6) is 0 Å². The molecule has 2 rings (SSSR count). The van der Waals surface area contributed by atoms with Gasteiger partial charge >= 0.3 is 0 Å². The Bertz CT molecular complexity index is 320. The molecule has 0 unspecified atom stereocenters. The smallest absolute Gasteiger partial charge is 0.222 e. The summed E-state index contributed by atoms with van der Waals surface area (Å²) in [6.45, 7) is 5.70. The minimum Gasteiger partial charge on any atom is -0.340 e. The maximum Gasteiger partial charge on any atom is 0.222 e. The van der Waals surface area contributed by atoms with Crippen LogP contribution in [0.15, 0.2) is 0 Å². The van der Waals surface area contributed by atoms with Gasteiger partial charge < -0.3 is 4.90 Å². The molecule has 0 aromatic heterocycles. The lowest BCUT2D eigenvalue weighted by Gasteiger charge is -2.41. The molecule has 1 heterocycles. The molecule has 1 aliphatic carbocycles. The molecule has 0 N–H and O–H groups in total. The first-order chi connectivity index (χ1) is 8.74. The topological polar surface area (TPSA) is 47.3 Å². The second-order valence-electron chi connectivity index (χ2n) is 5.40. The molecule has 1 saturated carbocycles. The number of hydrogen-bond donors (Lipinski definition) is 0. The maximum atomic E-state index is 11.6. The monoisotopic (exact) mass is 249 g/mol. The van der Waals surface area contributed by atoms with Crippen LogP contribution in [0, 0.1) is 17.2 Å². The lowest BCUT2D eigenvalue weighted by Crippen LogP contribution is -2.52. The zero-order valence-electron chi connectivity index (χ0n) is 11.3. The van der Waals surface area contributed by atoms with E-state index >= 15 is 0 Å². The van der Waals surface area contributed by atoms with Crippen molar-refractivity contribution < 1.29 is 4.79 Å². The molecule has 0 bridgehead atoms. The number of hydrogen-bond acceptors (Lipinski definition) is 3. The molecule has 0 atom stereocenters. The average Bonchev–Trinajstić information content (AvgIpc) is 2.47. The van der Waals surface area contributed by atoms with E-state index in [4.69, 9.17) is 5.26 Å². The van der Waals surface area contributed by atoms with Crippen molar-refractivity contribution in [2.24, 2.45) is 5.92 Å². The van der Waals surface area contributed by atoms with Gasteiger partial charge in [0.15, 0.2) is 0 Å². The standard InChI is InChI=1S/C14H23N3O/c1-2-14(18)17-9-7-16(8-10-17)13-5-3-12(11-15)4-6-13/h12-13H,2-10H2,1H3/t12-,13-. The van der Waals surface area contributed by atoms with Crippen LogP contribution >= 0.6 is 0 Å². The number of carbonyl (C=O) groups excluding carboxylic acids is 1. The highest BCUT2D eigenvalue weighted by Crippen LogP contribution is 2.27. The molecule has 0 spiro atoms. The summed E-state index contributed by atoms with van der Waals surface area (Å²) in [7, 11) is 0. The van der Waals surface area contributed by atoms with Crippen molar-refractivity contribution in [1.29, 1.82) is 5.26 Å². The van der Waals surface area contributed by atoms with Crippen molar-refractivity contribution in [1.82, 2.24) is 9.80 Å². The summed E-state index contributed by atoms with van der Waals surface area (Å²) in [5.74, 6) is 0.562. The maximum absolute atomic E-state index is 11.6. The first-order valence-corrected chi connectivity index (χ1v) is 7.16. The Morgan fingerprint density at radius 1 is 1.17 bits per heavy atom. The number of nitrogens with zero attached hydrogens (tertiary/aromatic N) is 3. The second kappa shape index (κ2) is 6.19. The summed E-state index contributed by atoms with van der Waals surface area (Å²) in [6.07, 6.45) is 5.03. The summed E-state index contributed by atoms with van der Waals surface area (Å²) in [5.41, 5.74) is 0. The SMILES string of the molecule is CCC(=O)N1CCN([C@H]2CC[C@H](C#N)CC2)CC1. The minimum absolute atomic E-state index is 0.280. The van der Waals surface area contributed by atoms with Crippen molar-refractivity contribution in [2.75, 3.05) is 26.2 Å². The highest BCUT2D eigenvalue weighted by molar-refractivity contribution is 5.75. The normalized spacial score (nSPS) is 29.9. The lowest BCUT2D eigenvalue weighted by molar-refractivity contribution is -0.133. The van der Waals surface area contributed by atoms with Gasteiger partial charge in [-0.05, 0) is 25.7 Å². The predicted molar refractivity (Wildman–Crippen MR) is 69.8 cm³/mol. The first kappa shape index (κ1) is 13.4. The molecule has 4 nitrogen and oxygen atoms in total. The van der Waals surface area contributed by atoms with Crippen LogP contribution in [-0.2, 0) is 4.79 Å². The zero-order valence-corrected chi connectivity index (χ0v) is 11.3. The van der Waals surface area contributed by atoms with E-state index in [0.717, 1.165) is 51.9 Å². The van der Waals surface area contributed by atoms with Crippen LogP contribution in [0.25, 0.3) is 0 Å². The summed E-state index contributed by atoms with van der Waals surface area (Å²) in [4.78, 5) is 16.1. The van der Waals surface area contributed by atoms with E-state index in [1.165, 1.54) is 0 Å². The Hall–Kier alpha value is -1.08. The van der Waals surface area contributed by atoms with Crippen LogP contribution in [0.1, 0.15) is 39.0 Å². The Balaban J connectivity index is 1.77. The van der Waals surface area contributed by atoms with E-state index in [-0.39, 0.29) is 11.8 Å². The Morgan fingerprint density at radius 2 is 1.78 bits per heavy atom. The van der Waals surface area contributed by atoms with E-state index in [1.807, 2.05) is 11.8 Å². The van der Waals surface area contributed by atoms with Crippen molar-refractivity contribution in [3.8, 4) is 6.07 Å². The quantitative estimate of drug-likeness (QED) is 0.747. The zero-order chi connectivity index (χ0) is 13.0. The molecule has 2 aliphatic rings. The van der Waals surface area contributed by atoms with Crippen LogP contribution in [0.2, 0.25) is 0 Å². The third kappa shape index (κ3) is 3.02. The molecule has 0 aromatic carbocycles. The van der Waals surface area contributed by atoms with Gasteiger partial charge in [-0.15, -0.1) is 0 Å². The first-order valence-electron chi connectivity index (χ1n) is 7.16. The fourth-order valence-electron chi connectivity index (χ4n) is 3.13. The van der Waals surface area contributed by atoms with E-state index in [9.17, 15) is 4.79 Å². The van der Waals surface area contributed by atoms with Crippen molar-refractivity contribution >= 4 is 5.91 Å². The van der Waals surface area contributed by atoms with Gasteiger partial charge in [-0.2, -0.15) is 5.26 Å². The van der Waals surface area contributed by atoms with Gasteiger partial charge in [0.2, 0.25) is 5.91 Å². The van der Waals surface area contributed by atoms with Gasteiger partial charge in [0.1, 0.15) is 0 Å². The number of rotatable bonds is 2. The second-order valence-corrected chi connectivity index (χ2v) is 5.40. The molecule has 1 saturated heterocycles. The molecular formula is C14H23N3O. The van der Waals surface area contributed by atoms with Crippen molar-refractivity contribution in [3.63, 3.8) is 0 Å². The van der Waals surface area contributed by atoms with Gasteiger partial charge in [0.25, 0.3) is 0 Å². The molecule has 100 valence electrons. The number of carbonyl (C=O) groups is 1. The Kier molecular flexibility index (Phi) is 4.60. The number of amides is 1. The van der Waals surface area contributed by atoms with Gasteiger partial charge in [0, 0.05) is 44.6 Å². The van der Waals surface area contributed by atoms with Crippen molar-refractivity contribution in [3.05, 3.63) is 0 Å². The van der Waals surface area contributed by atoms with Gasteiger partial charge in [-0.1, -0.05) is 6.92 Å². The molecule has 0 aromatic rings. The average molecular weight is 249 g/mol. The van der Waals surface area contributed by atoms with E-state index in [2.05, 4.69) is 11.0 Å². The number of nitriles is 1. The molecular weight excluding hydrogens is 226 g/mol. The molecule has 4 heteroatoms. The lowest BCUT2D eigenvalue weighted by atomic mass is 9.86. The van der Waals surface area contributed by atoms with Crippen LogP contribution in [0.4, 0.5) is 0 Å². The van der Waals surface area contributed by atoms with E-state index in [0.29, 0.717) is 12.5 Å². The molecule has 18 heavy (non-hydrogen) atoms. The highest BCUT2D eigenvalue weighted by atomic mass is 16.2. The van der Waals surface area contributed by atoms with Gasteiger partial charge in [-0.25, -0.2) is 0 Å². The number of piperazine rings is 1. The molecule has 1 aliphatic heterocycles. The molecule has 2 fully saturated rings. The van der Waals surface area contributed by atoms with Gasteiger partial charge in [0.05, 0.1) is 6.07 Å². The van der Waals surface area contributed by atoms with E-state index < -0.39 is 0 Å². The summed E-state index contributed by atoms with van der Waals surface area (Å²) in [6, 6.07) is 3.03. The third-order valence-corrected chi connectivity index (χ3v) is 4.37. The van der Waals surface area contributed by atoms with Crippen molar-refractivity contribution in [2.45, 2.75) is 45.1 Å². The summed E-state index contributed by atoms with van der Waals surface area (Å²) >= 11 is 0. The molecule has 0 radical (unpaired) electrons. The third-order valence-electron chi connectivity index (χ3n) is 4.37. The molecule has 1 amide bonds. The highest BCUT2D eigenvalue weighted by Gasteiger charge is 2.28. The largest absolute Gasteiger partial charge is 0.340 e. The fraction of sp³-hybridized carbons (Fsp3) is 0.857. The van der Waals surface area contributed by atoms with Crippen LogP contribution in [0.3, 0.4) is 0 Å². The Morgan fingerprint density at radius 3 is 2.28 bits per heavy atom.